The molecule has 11 heteroatoms. The minimum atomic E-state index is -0.971. The zero-order chi connectivity index (χ0) is 26.5. The van der Waals surface area contributed by atoms with Gasteiger partial charge in [0.25, 0.3) is 5.69 Å². The molecule has 0 radical (unpaired) electrons. The van der Waals surface area contributed by atoms with E-state index >= 15 is 0 Å². The maximum atomic E-state index is 13.6. The first-order valence-electron chi connectivity index (χ1n) is 11.7. The molecule has 1 unspecified atom stereocenters. The molecule has 2 heterocycles. The third kappa shape index (κ3) is 7.51. The van der Waals surface area contributed by atoms with Crippen molar-refractivity contribution in [3.8, 4) is 0 Å². The van der Waals surface area contributed by atoms with Crippen LogP contribution in [0.3, 0.4) is 0 Å². The molecule has 1 aliphatic rings. The van der Waals surface area contributed by atoms with E-state index in [4.69, 9.17) is 9.47 Å². The summed E-state index contributed by atoms with van der Waals surface area (Å²) in [7, 11) is 0. The lowest BCUT2D eigenvalue weighted by Gasteiger charge is -2.31. The number of benzene rings is 1. The van der Waals surface area contributed by atoms with Crippen LogP contribution in [-0.2, 0) is 44.9 Å². The average molecular weight is 518 g/mol. The predicted octanol–water partition coefficient (Wildman–Crippen LogP) is 3.78. The minimum Gasteiger partial charge on any atom is -0.466 e. The van der Waals surface area contributed by atoms with Gasteiger partial charge in [-0.25, -0.2) is 4.79 Å². The molecule has 1 N–H and O–H groups in total. The molecule has 1 aliphatic heterocycles. The molecule has 0 fully saturated rings. The standard InChI is InChI=1S/C25H31N3O7S/c1-5-34-22(29)14-19-13-17-15-27(10-9-21(17)36-19)23(30)20(26-24(31)35-25(2,3)4)12-16-7-6-8-18(11-16)28(32)33/h6-8,11,13,20H,5,9-10,12,14-15H2,1-4H3,(H,26,31). The lowest BCUT2D eigenvalue weighted by Crippen LogP contribution is -2.51. The SMILES string of the molecule is CCOC(=O)Cc1cc2c(s1)CCN(C(=O)C(Cc1cccc([N+](=O)[O-])c1)NC(=O)OC(C)(C)C)C2. The van der Waals surface area contributed by atoms with Gasteiger partial charge in [0.05, 0.1) is 18.0 Å². The van der Waals surface area contributed by atoms with Gasteiger partial charge < -0.3 is 19.7 Å². The van der Waals surface area contributed by atoms with Crippen LogP contribution in [-0.4, -0.2) is 52.6 Å². The number of nitrogens with one attached hydrogen (secondary N) is 1. The Labute approximate surface area is 213 Å². The van der Waals surface area contributed by atoms with Crippen LogP contribution in [0, 0.1) is 10.1 Å². The molecular weight excluding hydrogens is 486 g/mol. The number of rotatable bonds is 8. The van der Waals surface area contributed by atoms with Crippen LogP contribution < -0.4 is 5.32 Å². The summed E-state index contributed by atoms with van der Waals surface area (Å²) in [6, 6.07) is 6.95. The minimum absolute atomic E-state index is 0.0703. The van der Waals surface area contributed by atoms with E-state index in [0.29, 0.717) is 31.7 Å². The van der Waals surface area contributed by atoms with E-state index in [1.807, 2.05) is 6.07 Å². The number of hydrogen-bond donors (Lipinski definition) is 1. The molecule has 194 valence electrons. The van der Waals surface area contributed by atoms with Gasteiger partial charge in [-0.2, -0.15) is 0 Å². The quantitative estimate of drug-likeness (QED) is 0.321. The first-order valence-corrected chi connectivity index (χ1v) is 12.5. The van der Waals surface area contributed by atoms with Gasteiger partial charge in [0.1, 0.15) is 11.6 Å². The number of nitro groups is 1. The van der Waals surface area contributed by atoms with Crippen LogP contribution in [0.5, 0.6) is 0 Å². The summed E-state index contributed by atoms with van der Waals surface area (Å²) in [6.07, 6.45) is 0.150. The van der Waals surface area contributed by atoms with Gasteiger partial charge in [-0.1, -0.05) is 12.1 Å². The second-order valence-corrected chi connectivity index (χ2v) is 10.7. The predicted molar refractivity (Wildman–Crippen MR) is 134 cm³/mol. The summed E-state index contributed by atoms with van der Waals surface area (Å²) >= 11 is 1.54. The Bertz CT molecular complexity index is 1140. The largest absolute Gasteiger partial charge is 0.466 e. The number of thiophene rings is 1. The zero-order valence-corrected chi connectivity index (χ0v) is 21.7. The Kier molecular flexibility index (Phi) is 8.67. The van der Waals surface area contributed by atoms with Crippen LogP contribution >= 0.6 is 11.3 Å². The molecular formula is C25H31N3O7S. The van der Waals surface area contributed by atoms with Gasteiger partial charge in [0.2, 0.25) is 5.91 Å². The molecule has 2 amide bonds. The molecule has 36 heavy (non-hydrogen) atoms. The monoisotopic (exact) mass is 517 g/mol. The Hall–Kier alpha value is -3.47. The Balaban J connectivity index is 1.78. The maximum absolute atomic E-state index is 13.6. The van der Waals surface area contributed by atoms with Gasteiger partial charge in [0, 0.05) is 41.4 Å². The molecule has 1 aromatic carbocycles. The molecule has 2 aromatic rings. The topological polar surface area (TPSA) is 128 Å². The molecule has 1 atom stereocenters. The summed E-state index contributed by atoms with van der Waals surface area (Å²) in [5, 5.41) is 13.8. The number of carbonyl (C=O) groups excluding carboxylic acids is 3. The van der Waals surface area contributed by atoms with Crippen molar-refractivity contribution in [2.24, 2.45) is 0 Å². The van der Waals surface area contributed by atoms with Crippen LogP contribution in [0.25, 0.3) is 0 Å². The number of ether oxygens (including phenoxy) is 2. The Morgan fingerprint density at radius 2 is 2.00 bits per heavy atom. The van der Waals surface area contributed by atoms with E-state index in [1.165, 1.54) is 12.1 Å². The van der Waals surface area contributed by atoms with E-state index in [-0.39, 0.29) is 30.4 Å². The number of nitro benzene ring substituents is 1. The Morgan fingerprint density at radius 3 is 2.67 bits per heavy atom. The number of amides is 2. The van der Waals surface area contributed by atoms with Gasteiger partial charge in [0.15, 0.2) is 0 Å². The van der Waals surface area contributed by atoms with Crippen LogP contribution in [0.15, 0.2) is 30.3 Å². The highest BCUT2D eigenvalue weighted by Crippen LogP contribution is 2.29. The highest BCUT2D eigenvalue weighted by molar-refractivity contribution is 7.12. The van der Waals surface area contributed by atoms with Gasteiger partial charge in [-0.15, -0.1) is 11.3 Å². The number of esters is 1. The Morgan fingerprint density at radius 1 is 1.25 bits per heavy atom. The number of carbonyl (C=O) groups is 3. The summed E-state index contributed by atoms with van der Waals surface area (Å²) in [5.74, 6) is -0.598. The summed E-state index contributed by atoms with van der Waals surface area (Å²) in [5.41, 5.74) is 0.662. The lowest BCUT2D eigenvalue weighted by atomic mass is 10.0. The van der Waals surface area contributed by atoms with Crippen molar-refractivity contribution in [2.45, 2.75) is 65.1 Å². The highest BCUT2D eigenvalue weighted by atomic mass is 32.1. The van der Waals surface area contributed by atoms with Gasteiger partial charge in [-0.05, 0) is 51.3 Å². The summed E-state index contributed by atoms with van der Waals surface area (Å²) < 4.78 is 10.4. The molecule has 3 rings (SSSR count). The number of nitrogens with zero attached hydrogens (tertiary/aromatic N) is 2. The molecule has 10 nitrogen and oxygen atoms in total. The molecule has 0 spiro atoms. The first-order chi connectivity index (χ1) is 16.9. The fourth-order valence-electron chi connectivity index (χ4n) is 3.93. The molecule has 0 saturated heterocycles. The van der Waals surface area contributed by atoms with Crippen molar-refractivity contribution in [1.82, 2.24) is 10.2 Å². The third-order valence-corrected chi connectivity index (χ3v) is 6.64. The maximum Gasteiger partial charge on any atom is 0.408 e. The second-order valence-electron chi connectivity index (χ2n) is 9.48. The highest BCUT2D eigenvalue weighted by Gasteiger charge is 2.31. The van der Waals surface area contributed by atoms with E-state index in [0.717, 1.165) is 15.3 Å². The molecule has 0 bridgehead atoms. The number of non-ortho nitro benzene ring substituents is 1. The molecule has 0 aliphatic carbocycles. The molecule has 0 saturated carbocycles. The van der Waals surface area contributed by atoms with E-state index < -0.39 is 22.7 Å². The zero-order valence-electron chi connectivity index (χ0n) is 20.9. The summed E-state index contributed by atoms with van der Waals surface area (Å²) in [4.78, 5) is 52.3. The van der Waals surface area contributed by atoms with Crippen molar-refractivity contribution >= 4 is 35.0 Å². The summed E-state index contributed by atoms with van der Waals surface area (Å²) in [6.45, 7) is 8.04. The van der Waals surface area contributed by atoms with Crippen LogP contribution in [0.4, 0.5) is 10.5 Å². The number of alkyl carbamates (subject to hydrolysis) is 1. The van der Waals surface area contributed by atoms with E-state index in [1.54, 1.807) is 56.1 Å². The van der Waals surface area contributed by atoms with Crippen molar-refractivity contribution in [2.75, 3.05) is 13.2 Å². The van der Waals surface area contributed by atoms with Crippen LogP contribution in [0.1, 0.15) is 48.6 Å². The van der Waals surface area contributed by atoms with Crippen molar-refractivity contribution < 1.29 is 28.8 Å². The van der Waals surface area contributed by atoms with Crippen molar-refractivity contribution in [3.63, 3.8) is 0 Å². The van der Waals surface area contributed by atoms with E-state index in [9.17, 15) is 24.5 Å². The third-order valence-electron chi connectivity index (χ3n) is 5.40. The van der Waals surface area contributed by atoms with Crippen molar-refractivity contribution in [3.05, 3.63) is 61.3 Å². The fraction of sp³-hybridized carbons (Fsp3) is 0.480. The van der Waals surface area contributed by atoms with Crippen LogP contribution in [0.2, 0.25) is 0 Å². The average Bonchev–Trinajstić information content (AvgIpc) is 3.18. The van der Waals surface area contributed by atoms with Crippen molar-refractivity contribution in [1.29, 1.82) is 0 Å². The second kappa shape index (κ2) is 11.5. The van der Waals surface area contributed by atoms with Gasteiger partial charge in [-0.3, -0.25) is 19.7 Å². The van der Waals surface area contributed by atoms with E-state index in [2.05, 4.69) is 5.32 Å². The number of hydrogen-bond acceptors (Lipinski definition) is 8. The molecule has 1 aromatic heterocycles. The smallest absolute Gasteiger partial charge is 0.408 e. The number of fused-ring (bicyclic) bond motifs is 1. The lowest BCUT2D eigenvalue weighted by molar-refractivity contribution is -0.384. The van der Waals surface area contributed by atoms with Gasteiger partial charge >= 0.3 is 12.1 Å². The normalized spacial score (nSPS) is 13.9. The fourth-order valence-corrected chi connectivity index (χ4v) is 5.08. The first kappa shape index (κ1) is 27.1.